The molecule has 0 unspecified atom stereocenters. The van der Waals surface area contributed by atoms with Crippen molar-refractivity contribution in [1.82, 2.24) is 10.2 Å². The Kier molecular flexibility index (Phi) is 2.61. The first-order valence-corrected chi connectivity index (χ1v) is 6.23. The first kappa shape index (κ1) is 9.83. The maximum atomic E-state index is 5.87. The van der Waals surface area contributed by atoms with E-state index < -0.39 is 4.33 Å². The van der Waals surface area contributed by atoms with E-state index in [4.69, 9.17) is 28.9 Å². The molecule has 1 aromatic rings. The Labute approximate surface area is 94.0 Å². The number of nitrogen functional groups attached to an aromatic ring is 1. The predicted octanol–water partition coefficient (Wildman–Crippen LogP) is 2.41. The minimum absolute atomic E-state index is 0.381. The van der Waals surface area contributed by atoms with Gasteiger partial charge >= 0.3 is 0 Å². The van der Waals surface area contributed by atoms with Crippen LogP contribution in [0.5, 0.6) is 0 Å². The van der Waals surface area contributed by atoms with Gasteiger partial charge in [-0.1, -0.05) is 23.1 Å². The second-order valence-corrected chi connectivity index (χ2v) is 6.70. The summed E-state index contributed by atoms with van der Waals surface area (Å²) in [6, 6.07) is 0. The highest BCUT2D eigenvalue weighted by Gasteiger charge is 2.51. The van der Waals surface area contributed by atoms with Gasteiger partial charge in [0.2, 0.25) is 5.13 Å². The Bertz CT molecular complexity index is 315. The molecule has 0 aliphatic heterocycles. The lowest BCUT2D eigenvalue weighted by Gasteiger charge is -1.95. The molecule has 1 heterocycles. The van der Waals surface area contributed by atoms with Gasteiger partial charge in [0.1, 0.15) is 4.33 Å². The van der Waals surface area contributed by atoms with Gasteiger partial charge in [-0.3, -0.25) is 0 Å². The Balaban J connectivity index is 1.81. The molecular formula is C6H7Cl2N3S2. The van der Waals surface area contributed by atoms with E-state index in [0.717, 1.165) is 16.5 Å². The summed E-state index contributed by atoms with van der Waals surface area (Å²) in [5.74, 6) is 1.27. The highest BCUT2D eigenvalue weighted by atomic mass is 35.5. The van der Waals surface area contributed by atoms with Gasteiger partial charge in [-0.25, -0.2) is 0 Å². The van der Waals surface area contributed by atoms with E-state index >= 15 is 0 Å². The molecule has 3 nitrogen and oxygen atoms in total. The van der Waals surface area contributed by atoms with Crippen molar-refractivity contribution in [3.63, 3.8) is 0 Å². The van der Waals surface area contributed by atoms with Crippen LogP contribution in [0.1, 0.15) is 6.42 Å². The molecule has 1 aliphatic carbocycles. The third kappa shape index (κ3) is 2.40. The van der Waals surface area contributed by atoms with Crippen LogP contribution in [-0.2, 0) is 0 Å². The maximum Gasteiger partial charge on any atom is 0.203 e. The molecule has 0 bridgehead atoms. The Morgan fingerprint density at radius 2 is 2.31 bits per heavy atom. The number of hydrogen-bond donors (Lipinski definition) is 1. The fraction of sp³-hybridized carbons (Fsp3) is 0.667. The van der Waals surface area contributed by atoms with Crippen molar-refractivity contribution in [2.75, 3.05) is 11.5 Å². The topological polar surface area (TPSA) is 51.8 Å². The molecule has 13 heavy (non-hydrogen) atoms. The van der Waals surface area contributed by atoms with Crippen molar-refractivity contribution in [3.8, 4) is 0 Å². The molecule has 2 rings (SSSR count). The van der Waals surface area contributed by atoms with Gasteiger partial charge in [0.25, 0.3) is 0 Å². The molecule has 7 heteroatoms. The molecule has 72 valence electrons. The van der Waals surface area contributed by atoms with Crippen LogP contribution in [0.3, 0.4) is 0 Å². The van der Waals surface area contributed by atoms with E-state index in [-0.39, 0.29) is 0 Å². The summed E-state index contributed by atoms with van der Waals surface area (Å²) in [5, 5.41) is 8.10. The van der Waals surface area contributed by atoms with E-state index in [1.165, 1.54) is 11.3 Å². The monoisotopic (exact) mass is 255 g/mol. The van der Waals surface area contributed by atoms with Crippen LogP contribution in [0.25, 0.3) is 0 Å². The first-order chi connectivity index (χ1) is 6.08. The van der Waals surface area contributed by atoms with Crippen molar-refractivity contribution in [2.45, 2.75) is 15.1 Å². The minimum Gasteiger partial charge on any atom is -0.374 e. The largest absolute Gasteiger partial charge is 0.374 e. The number of nitrogens with zero attached hydrogens (tertiary/aromatic N) is 2. The Morgan fingerprint density at radius 3 is 2.77 bits per heavy atom. The smallest absolute Gasteiger partial charge is 0.203 e. The lowest BCUT2D eigenvalue weighted by atomic mass is 10.5. The molecule has 1 aromatic heterocycles. The summed E-state index contributed by atoms with van der Waals surface area (Å²) < 4.78 is 0.386. The van der Waals surface area contributed by atoms with E-state index in [1.807, 2.05) is 0 Å². The highest BCUT2D eigenvalue weighted by Crippen LogP contribution is 2.54. The Hall–Kier alpha value is 0.290. The summed E-state index contributed by atoms with van der Waals surface area (Å²) >= 11 is 14.7. The fourth-order valence-corrected chi connectivity index (χ4v) is 3.49. The SMILES string of the molecule is Nc1nnc(SC[C@H]2CC2(Cl)Cl)s1. The third-order valence-electron chi connectivity index (χ3n) is 1.79. The van der Waals surface area contributed by atoms with Crippen molar-refractivity contribution in [3.05, 3.63) is 0 Å². The number of nitrogens with two attached hydrogens (primary N) is 1. The van der Waals surface area contributed by atoms with Gasteiger partial charge < -0.3 is 5.73 Å². The molecule has 1 saturated carbocycles. The van der Waals surface area contributed by atoms with Crippen molar-refractivity contribution < 1.29 is 0 Å². The molecule has 0 aromatic carbocycles. The molecule has 2 N–H and O–H groups in total. The predicted molar refractivity (Wildman–Crippen MR) is 57.6 cm³/mol. The summed E-state index contributed by atoms with van der Waals surface area (Å²) in [5.41, 5.74) is 5.43. The second-order valence-electron chi connectivity index (χ2n) is 2.88. The highest BCUT2D eigenvalue weighted by molar-refractivity contribution is 8.01. The zero-order chi connectivity index (χ0) is 9.47. The van der Waals surface area contributed by atoms with E-state index in [2.05, 4.69) is 10.2 Å². The summed E-state index contributed by atoms with van der Waals surface area (Å²) in [6.45, 7) is 0. The van der Waals surface area contributed by atoms with Gasteiger partial charge in [-0.15, -0.1) is 33.4 Å². The molecule has 0 saturated heterocycles. The molecule has 0 amide bonds. The quantitative estimate of drug-likeness (QED) is 0.666. The van der Waals surface area contributed by atoms with Crippen LogP contribution in [0, 0.1) is 5.92 Å². The fourth-order valence-electron chi connectivity index (χ4n) is 0.901. The molecule has 1 fully saturated rings. The van der Waals surface area contributed by atoms with Gasteiger partial charge in [0.15, 0.2) is 4.34 Å². The van der Waals surface area contributed by atoms with Crippen LogP contribution in [0.15, 0.2) is 4.34 Å². The maximum absolute atomic E-state index is 5.87. The zero-order valence-electron chi connectivity index (χ0n) is 6.54. The normalized spacial score (nSPS) is 24.6. The van der Waals surface area contributed by atoms with Crippen LogP contribution >= 0.6 is 46.3 Å². The Morgan fingerprint density at radius 1 is 1.62 bits per heavy atom. The van der Waals surface area contributed by atoms with Crippen LogP contribution in [0.2, 0.25) is 0 Å². The lowest BCUT2D eigenvalue weighted by Crippen LogP contribution is -1.92. The van der Waals surface area contributed by atoms with Crippen LogP contribution in [0.4, 0.5) is 5.13 Å². The van der Waals surface area contributed by atoms with Gasteiger partial charge in [-0.05, 0) is 6.42 Å². The second kappa shape index (κ2) is 3.46. The average molecular weight is 256 g/mol. The molecule has 1 aliphatic rings. The molecular weight excluding hydrogens is 249 g/mol. The number of aromatic nitrogens is 2. The van der Waals surface area contributed by atoms with Gasteiger partial charge in [0, 0.05) is 11.7 Å². The van der Waals surface area contributed by atoms with E-state index in [0.29, 0.717) is 11.0 Å². The van der Waals surface area contributed by atoms with E-state index in [9.17, 15) is 0 Å². The zero-order valence-corrected chi connectivity index (χ0v) is 9.68. The summed E-state index contributed by atoms with van der Waals surface area (Å²) in [4.78, 5) is 0. The number of rotatable bonds is 3. The first-order valence-electron chi connectivity index (χ1n) is 3.67. The minimum atomic E-state index is -0.497. The van der Waals surface area contributed by atoms with Crippen LogP contribution in [-0.4, -0.2) is 20.3 Å². The number of anilines is 1. The van der Waals surface area contributed by atoms with E-state index in [1.54, 1.807) is 11.8 Å². The lowest BCUT2D eigenvalue weighted by molar-refractivity contribution is 0.968. The van der Waals surface area contributed by atoms with Crippen LogP contribution < -0.4 is 5.73 Å². The summed E-state index contributed by atoms with van der Waals surface area (Å²) in [6.07, 6.45) is 0.872. The summed E-state index contributed by atoms with van der Waals surface area (Å²) in [7, 11) is 0. The molecule has 1 atom stereocenters. The van der Waals surface area contributed by atoms with Crippen molar-refractivity contribution >= 4 is 51.4 Å². The number of halogens is 2. The molecule has 0 spiro atoms. The number of hydrogen-bond acceptors (Lipinski definition) is 5. The third-order valence-corrected chi connectivity index (χ3v) is 4.76. The van der Waals surface area contributed by atoms with Gasteiger partial charge in [0.05, 0.1) is 0 Å². The van der Waals surface area contributed by atoms with Crippen molar-refractivity contribution in [1.29, 1.82) is 0 Å². The standard InChI is InChI=1S/C6H7Cl2N3S2/c7-6(8)1-3(6)2-12-5-11-10-4(9)13-5/h3H,1-2H2,(H2,9,10)/t3-/m1/s1. The number of thioether (sulfide) groups is 1. The average Bonchev–Trinajstić information content (AvgIpc) is 2.45. The molecule has 0 radical (unpaired) electrons. The van der Waals surface area contributed by atoms with Gasteiger partial charge in [-0.2, -0.15) is 0 Å². The number of alkyl halides is 2. The van der Waals surface area contributed by atoms with Crippen molar-refractivity contribution in [2.24, 2.45) is 5.92 Å².